The van der Waals surface area contributed by atoms with Crippen LogP contribution in [-0.4, -0.2) is 35.5 Å². The van der Waals surface area contributed by atoms with Crippen LogP contribution in [0.4, 0.5) is 0 Å². The number of amides is 2. The summed E-state index contributed by atoms with van der Waals surface area (Å²) >= 11 is 0. The van der Waals surface area contributed by atoms with E-state index in [1.807, 2.05) is 39.0 Å². The number of aliphatic carboxylic acids is 1. The average molecular weight is 346 g/mol. The first kappa shape index (κ1) is 18.5. The van der Waals surface area contributed by atoms with Crippen LogP contribution in [0.25, 0.3) is 11.0 Å². The number of aryl methyl sites for hydroxylation is 1. The third-order valence-electron chi connectivity index (χ3n) is 3.71. The van der Waals surface area contributed by atoms with Crippen LogP contribution in [0.2, 0.25) is 0 Å². The van der Waals surface area contributed by atoms with Gasteiger partial charge in [0.1, 0.15) is 11.6 Å². The molecule has 2 aromatic rings. The second-order valence-electron chi connectivity index (χ2n) is 6.37. The van der Waals surface area contributed by atoms with E-state index in [1.54, 1.807) is 6.07 Å². The first-order chi connectivity index (χ1) is 11.8. The summed E-state index contributed by atoms with van der Waals surface area (Å²) in [6, 6.07) is 6.20. The Morgan fingerprint density at radius 1 is 1.24 bits per heavy atom. The minimum atomic E-state index is -1.10. The van der Waals surface area contributed by atoms with Crippen molar-refractivity contribution in [1.29, 1.82) is 0 Å². The van der Waals surface area contributed by atoms with Crippen LogP contribution in [0, 0.1) is 12.8 Å². The molecule has 2 rings (SSSR count). The lowest BCUT2D eigenvalue weighted by molar-refractivity contribution is -0.142. The molecular weight excluding hydrogens is 324 g/mol. The van der Waals surface area contributed by atoms with Crippen molar-refractivity contribution in [1.82, 2.24) is 10.6 Å². The predicted molar refractivity (Wildman–Crippen MR) is 92.3 cm³/mol. The van der Waals surface area contributed by atoms with Crippen molar-refractivity contribution in [3.63, 3.8) is 0 Å². The second-order valence-corrected chi connectivity index (χ2v) is 6.37. The van der Waals surface area contributed by atoms with E-state index < -0.39 is 23.8 Å². The maximum atomic E-state index is 12.1. The summed E-state index contributed by atoms with van der Waals surface area (Å²) in [5.41, 5.74) is 1.53. The largest absolute Gasteiger partial charge is 0.480 e. The summed E-state index contributed by atoms with van der Waals surface area (Å²) in [4.78, 5) is 35.2. The van der Waals surface area contributed by atoms with Crippen LogP contribution in [0.15, 0.2) is 28.7 Å². The molecule has 2 amide bonds. The Kier molecular flexibility index (Phi) is 5.80. The molecule has 0 saturated heterocycles. The first-order valence-electron chi connectivity index (χ1n) is 8.07. The van der Waals surface area contributed by atoms with Crippen molar-refractivity contribution in [3.05, 3.63) is 35.6 Å². The van der Waals surface area contributed by atoms with Gasteiger partial charge in [-0.2, -0.15) is 0 Å². The van der Waals surface area contributed by atoms with Crippen molar-refractivity contribution < 1.29 is 23.9 Å². The van der Waals surface area contributed by atoms with Crippen LogP contribution in [-0.2, 0) is 9.59 Å². The fraction of sp³-hybridized carbons (Fsp3) is 0.389. The second kappa shape index (κ2) is 7.83. The Hall–Kier alpha value is -2.83. The summed E-state index contributed by atoms with van der Waals surface area (Å²) in [5.74, 6) is -1.96. The van der Waals surface area contributed by atoms with Gasteiger partial charge in [0.25, 0.3) is 5.91 Å². The van der Waals surface area contributed by atoms with Gasteiger partial charge >= 0.3 is 5.97 Å². The number of fused-ring (bicyclic) bond motifs is 1. The van der Waals surface area contributed by atoms with Crippen molar-refractivity contribution in [2.24, 2.45) is 5.92 Å². The summed E-state index contributed by atoms with van der Waals surface area (Å²) < 4.78 is 5.53. The molecule has 0 fully saturated rings. The number of rotatable bonds is 7. The molecule has 3 N–H and O–H groups in total. The van der Waals surface area contributed by atoms with E-state index in [-0.39, 0.29) is 18.2 Å². The highest BCUT2D eigenvalue weighted by Crippen LogP contribution is 2.22. The zero-order valence-electron chi connectivity index (χ0n) is 14.5. The molecule has 1 aromatic carbocycles. The SMILES string of the molecule is Cc1cccc2cc(C(=O)NCC(=O)N[C@@H](CC(C)C)C(=O)O)oc12. The number of carboxylic acids is 1. The molecule has 0 aliphatic rings. The molecule has 1 heterocycles. The van der Waals surface area contributed by atoms with Crippen LogP contribution in [0.3, 0.4) is 0 Å². The number of carbonyl (C=O) groups excluding carboxylic acids is 2. The lowest BCUT2D eigenvalue weighted by atomic mass is 10.0. The summed E-state index contributed by atoms with van der Waals surface area (Å²) in [7, 11) is 0. The zero-order valence-corrected chi connectivity index (χ0v) is 14.5. The lowest BCUT2D eigenvalue weighted by Crippen LogP contribution is -2.46. The monoisotopic (exact) mass is 346 g/mol. The highest BCUT2D eigenvalue weighted by Gasteiger charge is 2.21. The van der Waals surface area contributed by atoms with Crippen LogP contribution >= 0.6 is 0 Å². The highest BCUT2D eigenvalue weighted by molar-refractivity contribution is 5.98. The standard InChI is InChI=1S/C18H22N2O5/c1-10(2)7-13(18(23)24)20-15(21)9-19-17(22)14-8-12-6-4-5-11(3)16(12)25-14/h4-6,8,10,13H,7,9H2,1-3H3,(H,19,22)(H,20,21)(H,23,24)/t13-/m0/s1. The number of hydrogen-bond acceptors (Lipinski definition) is 4. The van der Waals surface area contributed by atoms with Crippen LogP contribution in [0.1, 0.15) is 36.4 Å². The summed E-state index contributed by atoms with van der Waals surface area (Å²) in [6.45, 7) is 5.29. The maximum absolute atomic E-state index is 12.1. The number of carbonyl (C=O) groups is 3. The lowest BCUT2D eigenvalue weighted by Gasteiger charge is -2.16. The van der Waals surface area contributed by atoms with E-state index in [4.69, 9.17) is 9.52 Å². The quantitative estimate of drug-likeness (QED) is 0.711. The Labute approximate surface area is 145 Å². The van der Waals surface area contributed by atoms with Gasteiger partial charge in [-0.25, -0.2) is 4.79 Å². The molecule has 0 unspecified atom stereocenters. The van der Waals surface area contributed by atoms with Crippen molar-refractivity contribution in [2.45, 2.75) is 33.2 Å². The van der Waals surface area contributed by atoms with Crippen molar-refractivity contribution in [2.75, 3.05) is 6.54 Å². The first-order valence-corrected chi connectivity index (χ1v) is 8.07. The van der Waals surface area contributed by atoms with Gasteiger partial charge in [0.05, 0.1) is 6.54 Å². The number of para-hydroxylation sites is 1. The number of nitrogens with one attached hydrogen (secondary N) is 2. The molecule has 7 nitrogen and oxygen atoms in total. The molecule has 7 heteroatoms. The Balaban J connectivity index is 1.95. The molecule has 25 heavy (non-hydrogen) atoms. The number of carboxylic acid groups (broad SMARTS) is 1. The maximum Gasteiger partial charge on any atom is 0.326 e. The average Bonchev–Trinajstić information content (AvgIpc) is 2.97. The molecule has 134 valence electrons. The fourth-order valence-electron chi connectivity index (χ4n) is 2.51. The topological polar surface area (TPSA) is 109 Å². The molecule has 0 spiro atoms. The normalized spacial score (nSPS) is 12.2. The molecule has 0 aliphatic heterocycles. The Morgan fingerprint density at radius 2 is 1.96 bits per heavy atom. The molecular formula is C18H22N2O5. The third-order valence-corrected chi connectivity index (χ3v) is 3.71. The summed E-state index contributed by atoms with van der Waals surface area (Å²) in [5, 5.41) is 14.8. The van der Waals surface area contributed by atoms with Gasteiger partial charge in [-0.1, -0.05) is 32.0 Å². The summed E-state index contributed by atoms with van der Waals surface area (Å²) in [6.07, 6.45) is 0.317. The molecule has 0 radical (unpaired) electrons. The van der Waals surface area contributed by atoms with Gasteiger partial charge in [0.15, 0.2) is 5.76 Å². The predicted octanol–water partition coefficient (Wildman–Crippen LogP) is 2.09. The Bertz CT molecular complexity index is 794. The third kappa shape index (κ3) is 4.82. The van der Waals surface area contributed by atoms with E-state index >= 15 is 0 Å². The number of hydrogen-bond donors (Lipinski definition) is 3. The van der Waals surface area contributed by atoms with Crippen molar-refractivity contribution in [3.8, 4) is 0 Å². The fourth-order valence-corrected chi connectivity index (χ4v) is 2.51. The van der Waals surface area contributed by atoms with E-state index in [0.717, 1.165) is 10.9 Å². The molecule has 1 atom stereocenters. The number of furan rings is 1. The Morgan fingerprint density at radius 3 is 2.56 bits per heavy atom. The van der Waals surface area contributed by atoms with Gasteiger partial charge in [-0.15, -0.1) is 0 Å². The van der Waals surface area contributed by atoms with Gasteiger partial charge in [-0.05, 0) is 30.9 Å². The van der Waals surface area contributed by atoms with E-state index in [0.29, 0.717) is 12.0 Å². The van der Waals surface area contributed by atoms with Crippen LogP contribution in [0.5, 0.6) is 0 Å². The molecule has 1 aromatic heterocycles. The molecule has 0 saturated carbocycles. The smallest absolute Gasteiger partial charge is 0.326 e. The van der Waals surface area contributed by atoms with Crippen LogP contribution < -0.4 is 10.6 Å². The minimum Gasteiger partial charge on any atom is -0.480 e. The molecule has 0 bridgehead atoms. The minimum absolute atomic E-state index is 0.106. The highest BCUT2D eigenvalue weighted by atomic mass is 16.4. The van der Waals surface area contributed by atoms with E-state index in [1.165, 1.54) is 0 Å². The zero-order chi connectivity index (χ0) is 18.6. The number of benzene rings is 1. The molecule has 0 aliphatic carbocycles. The van der Waals surface area contributed by atoms with Crippen molar-refractivity contribution >= 4 is 28.8 Å². The van der Waals surface area contributed by atoms with Gasteiger partial charge in [-0.3, -0.25) is 9.59 Å². The van der Waals surface area contributed by atoms with E-state index in [9.17, 15) is 14.4 Å². The van der Waals surface area contributed by atoms with E-state index in [2.05, 4.69) is 10.6 Å². The van der Waals surface area contributed by atoms with Gasteiger partial charge < -0.3 is 20.2 Å². The van der Waals surface area contributed by atoms with Gasteiger partial charge in [0.2, 0.25) is 5.91 Å². The van der Waals surface area contributed by atoms with Gasteiger partial charge in [0, 0.05) is 5.39 Å².